The number of ketones is 1. The zero-order valence-electron chi connectivity index (χ0n) is 23.8. The van der Waals surface area contributed by atoms with Gasteiger partial charge in [-0.1, -0.05) is 32.0 Å². The lowest BCUT2D eigenvalue weighted by Crippen LogP contribution is -2.36. The summed E-state index contributed by atoms with van der Waals surface area (Å²) in [5.41, 5.74) is 4.48. The summed E-state index contributed by atoms with van der Waals surface area (Å²) in [7, 11) is 3.23. The van der Waals surface area contributed by atoms with E-state index in [0.717, 1.165) is 29.0 Å². The summed E-state index contributed by atoms with van der Waals surface area (Å²) in [4.78, 5) is 27.4. The van der Waals surface area contributed by atoms with Gasteiger partial charge in [0.15, 0.2) is 17.3 Å². The number of hydrogen-bond acceptors (Lipinski definition) is 7. The molecule has 1 aliphatic heterocycles. The minimum atomic E-state index is -0.573. The van der Waals surface area contributed by atoms with Gasteiger partial charge in [-0.05, 0) is 74.4 Å². The van der Waals surface area contributed by atoms with Gasteiger partial charge >= 0.3 is 5.97 Å². The molecule has 0 bridgehead atoms. The second kappa shape index (κ2) is 12.4. The van der Waals surface area contributed by atoms with E-state index in [1.54, 1.807) is 14.2 Å². The van der Waals surface area contributed by atoms with Crippen LogP contribution in [0.1, 0.15) is 76.3 Å². The number of carbonyl (C=O) groups excluding carboxylic acids is 2. The third-order valence-electron chi connectivity index (χ3n) is 7.50. The van der Waals surface area contributed by atoms with Crippen molar-refractivity contribution in [3.8, 4) is 17.2 Å². The minimum absolute atomic E-state index is 0.0150. The Labute approximate surface area is 231 Å². The number of Topliss-reactive ketones (excluding diaryl/α,β-unsaturated/α-hetero) is 1. The molecule has 0 radical (unpaired) electrons. The van der Waals surface area contributed by atoms with Gasteiger partial charge in [0.1, 0.15) is 5.75 Å². The first-order valence-electron chi connectivity index (χ1n) is 13.7. The van der Waals surface area contributed by atoms with Crippen LogP contribution < -0.4 is 19.5 Å². The summed E-state index contributed by atoms with van der Waals surface area (Å²) in [6.45, 7) is 8.33. The van der Waals surface area contributed by atoms with Crippen molar-refractivity contribution in [3.63, 3.8) is 0 Å². The third kappa shape index (κ3) is 5.97. The number of dihydropyridines is 1. The number of allylic oxidation sites excluding steroid dienone is 3. The highest BCUT2D eigenvalue weighted by Crippen LogP contribution is 2.47. The maximum Gasteiger partial charge on any atom is 0.337 e. The molecule has 2 aromatic rings. The minimum Gasteiger partial charge on any atom is -0.497 e. The lowest BCUT2D eigenvalue weighted by molar-refractivity contribution is -0.144. The van der Waals surface area contributed by atoms with Crippen molar-refractivity contribution in [1.82, 2.24) is 5.32 Å². The number of nitrogens with one attached hydrogen (secondary N) is 1. The first-order chi connectivity index (χ1) is 18.8. The van der Waals surface area contributed by atoms with Crippen LogP contribution in [0.5, 0.6) is 17.2 Å². The number of rotatable bonds is 10. The summed E-state index contributed by atoms with van der Waals surface area (Å²) in [6, 6.07) is 13.5. The highest BCUT2D eigenvalue weighted by atomic mass is 16.5. The molecule has 2 aromatic carbocycles. The zero-order valence-corrected chi connectivity index (χ0v) is 23.8. The fraction of sp³-hybridized carbons (Fsp3) is 0.438. The maximum absolute atomic E-state index is 13.9. The molecule has 208 valence electrons. The van der Waals surface area contributed by atoms with Crippen LogP contribution >= 0.6 is 0 Å². The average molecular weight is 534 g/mol. The van der Waals surface area contributed by atoms with E-state index in [4.69, 9.17) is 18.9 Å². The van der Waals surface area contributed by atoms with Crippen LogP contribution in [-0.2, 0) is 14.3 Å². The smallest absolute Gasteiger partial charge is 0.337 e. The second-order valence-electron chi connectivity index (χ2n) is 10.2. The molecule has 0 aromatic heterocycles. The van der Waals surface area contributed by atoms with E-state index >= 15 is 0 Å². The lowest BCUT2D eigenvalue weighted by atomic mass is 9.71. The van der Waals surface area contributed by atoms with Gasteiger partial charge in [-0.2, -0.15) is 0 Å². The third-order valence-corrected chi connectivity index (χ3v) is 7.50. The van der Waals surface area contributed by atoms with Crippen molar-refractivity contribution in [1.29, 1.82) is 0 Å². The van der Waals surface area contributed by atoms with Crippen molar-refractivity contribution < 1.29 is 28.5 Å². The summed E-state index contributed by atoms with van der Waals surface area (Å²) in [6.07, 6.45) is 2.33. The Morgan fingerprint density at radius 1 is 1.00 bits per heavy atom. The summed E-state index contributed by atoms with van der Waals surface area (Å²) < 4.78 is 22.6. The normalized spacial score (nSPS) is 19.7. The van der Waals surface area contributed by atoms with Crippen molar-refractivity contribution in [2.45, 2.75) is 71.3 Å². The Hall–Kier alpha value is -3.74. The molecule has 0 spiro atoms. The lowest BCUT2D eigenvalue weighted by Gasteiger charge is -2.37. The van der Waals surface area contributed by atoms with Gasteiger partial charge in [-0.15, -0.1) is 0 Å². The summed E-state index contributed by atoms with van der Waals surface area (Å²) in [5.74, 6) is 1.02. The first-order valence-corrected chi connectivity index (χ1v) is 13.7. The Morgan fingerprint density at radius 3 is 2.36 bits per heavy atom. The quantitative estimate of drug-likeness (QED) is 0.364. The van der Waals surface area contributed by atoms with Crippen molar-refractivity contribution >= 4 is 11.8 Å². The zero-order chi connectivity index (χ0) is 28.1. The molecule has 1 aliphatic carbocycles. The first kappa shape index (κ1) is 28.3. The Kier molecular flexibility index (Phi) is 9.00. The van der Waals surface area contributed by atoms with Gasteiger partial charge < -0.3 is 24.3 Å². The maximum atomic E-state index is 13.9. The molecule has 0 saturated heterocycles. The van der Waals surface area contributed by atoms with Crippen LogP contribution in [0.3, 0.4) is 0 Å². The number of benzene rings is 2. The SMILES string of the molecule is CCCOc1ccc([C@@H]2C(C(=O)O[C@H](C)CC)=C(C)NC3=C2C(=O)C[C@@H](c2ccc(OC)cc2)C3)cc1OC. The molecular formula is C32H39NO6. The highest BCUT2D eigenvalue weighted by Gasteiger charge is 2.42. The van der Waals surface area contributed by atoms with Crippen molar-refractivity contribution in [2.75, 3.05) is 20.8 Å². The van der Waals surface area contributed by atoms with Gasteiger partial charge in [0.2, 0.25) is 0 Å². The summed E-state index contributed by atoms with van der Waals surface area (Å²) in [5, 5.41) is 3.42. The molecule has 0 fully saturated rings. The Balaban J connectivity index is 1.78. The van der Waals surface area contributed by atoms with Crippen LogP contribution in [0.25, 0.3) is 0 Å². The van der Waals surface area contributed by atoms with Gasteiger partial charge in [0, 0.05) is 29.3 Å². The van der Waals surface area contributed by atoms with Gasteiger partial charge in [-0.3, -0.25) is 4.79 Å². The topological polar surface area (TPSA) is 83.1 Å². The molecule has 1 N–H and O–H groups in total. The Bertz CT molecular complexity index is 1280. The molecule has 39 heavy (non-hydrogen) atoms. The molecular weight excluding hydrogens is 494 g/mol. The predicted molar refractivity (Wildman–Crippen MR) is 150 cm³/mol. The van der Waals surface area contributed by atoms with E-state index in [1.807, 2.05) is 70.2 Å². The summed E-state index contributed by atoms with van der Waals surface area (Å²) >= 11 is 0. The number of methoxy groups -OCH3 is 2. The van der Waals surface area contributed by atoms with E-state index in [-0.39, 0.29) is 17.8 Å². The fourth-order valence-electron chi connectivity index (χ4n) is 5.28. The number of esters is 1. The molecule has 7 nitrogen and oxygen atoms in total. The number of carbonyl (C=O) groups is 2. The van der Waals surface area contributed by atoms with Crippen LogP contribution in [-0.4, -0.2) is 38.7 Å². The predicted octanol–water partition coefficient (Wildman–Crippen LogP) is 6.20. The van der Waals surface area contributed by atoms with Crippen LogP contribution in [0, 0.1) is 0 Å². The fourth-order valence-corrected chi connectivity index (χ4v) is 5.28. The molecule has 0 amide bonds. The highest BCUT2D eigenvalue weighted by molar-refractivity contribution is 6.04. The average Bonchev–Trinajstić information content (AvgIpc) is 2.94. The molecule has 0 unspecified atom stereocenters. The van der Waals surface area contributed by atoms with Gasteiger partial charge in [0.25, 0.3) is 0 Å². The number of ether oxygens (including phenoxy) is 4. The molecule has 1 heterocycles. The molecule has 4 rings (SSSR count). The van der Waals surface area contributed by atoms with E-state index in [2.05, 4.69) is 5.32 Å². The molecule has 0 saturated carbocycles. The van der Waals surface area contributed by atoms with Gasteiger partial charge in [-0.25, -0.2) is 4.79 Å². The Morgan fingerprint density at radius 2 is 1.72 bits per heavy atom. The van der Waals surface area contributed by atoms with Crippen LogP contribution in [0.15, 0.2) is 65.0 Å². The van der Waals surface area contributed by atoms with E-state index in [1.165, 1.54) is 0 Å². The second-order valence-corrected chi connectivity index (χ2v) is 10.2. The van der Waals surface area contributed by atoms with Crippen LogP contribution in [0.2, 0.25) is 0 Å². The van der Waals surface area contributed by atoms with Crippen molar-refractivity contribution in [3.05, 3.63) is 76.1 Å². The molecule has 7 heteroatoms. The molecule has 2 aliphatic rings. The number of hydrogen-bond donors (Lipinski definition) is 1. The van der Waals surface area contributed by atoms with Crippen LogP contribution in [0.4, 0.5) is 0 Å². The van der Waals surface area contributed by atoms with E-state index in [9.17, 15) is 9.59 Å². The van der Waals surface area contributed by atoms with E-state index in [0.29, 0.717) is 54.2 Å². The van der Waals surface area contributed by atoms with Crippen molar-refractivity contribution in [2.24, 2.45) is 0 Å². The largest absolute Gasteiger partial charge is 0.497 e. The standard InChI is InChI=1S/C32H39NO6/c1-7-15-38-27-14-11-22(18-28(27)37-6)30-29(32(35)39-19(3)8-2)20(4)33-25-16-23(17-26(34)31(25)30)21-9-12-24(36-5)13-10-21/h9-14,18-19,23,30,33H,7-8,15-17H2,1-6H3/t19-,23+,30-/m1/s1. The van der Waals surface area contributed by atoms with E-state index < -0.39 is 11.9 Å². The molecule has 3 atom stereocenters. The monoisotopic (exact) mass is 533 g/mol. The van der Waals surface area contributed by atoms with Gasteiger partial charge in [0.05, 0.1) is 32.5 Å².